The van der Waals surface area contributed by atoms with Gasteiger partial charge in [-0.1, -0.05) is 24.0 Å². The topological polar surface area (TPSA) is 29.9 Å². The maximum absolute atomic E-state index is 5.13. The molecule has 1 aliphatic heterocycles. The van der Waals surface area contributed by atoms with Gasteiger partial charge in [0.2, 0.25) is 0 Å². The maximum Gasteiger partial charge on any atom is 0.138 e. The summed E-state index contributed by atoms with van der Waals surface area (Å²) in [6, 6.07) is 6.29. The molecular formula is C11H9N3S2. The Bertz CT molecular complexity index is 534. The summed E-state index contributed by atoms with van der Waals surface area (Å²) in [5.74, 6) is 0.934. The van der Waals surface area contributed by atoms with Crippen LogP contribution >= 0.6 is 24.0 Å². The van der Waals surface area contributed by atoms with Gasteiger partial charge in [-0.3, -0.25) is 0 Å². The van der Waals surface area contributed by atoms with Crippen molar-refractivity contribution in [3.63, 3.8) is 0 Å². The van der Waals surface area contributed by atoms with Gasteiger partial charge in [-0.05, 0) is 23.8 Å². The molecule has 0 saturated heterocycles. The highest BCUT2D eigenvalue weighted by Crippen LogP contribution is 2.30. The van der Waals surface area contributed by atoms with Crippen molar-refractivity contribution in [2.24, 2.45) is 0 Å². The minimum atomic E-state index is 0.850. The molecule has 0 bridgehead atoms. The van der Waals surface area contributed by atoms with E-state index in [9.17, 15) is 0 Å². The number of imidazole rings is 1. The molecule has 0 amide bonds. The van der Waals surface area contributed by atoms with Crippen molar-refractivity contribution >= 4 is 34.0 Å². The molecule has 0 spiro atoms. The minimum Gasteiger partial charge on any atom is -0.341 e. The molecule has 1 N–H and O–H groups in total. The van der Waals surface area contributed by atoms with Gasteiger partial charge in [-0.15, -0.1) is 0 Å². The van der Waals surface area contributed by atoms with Crippen LogP contribution in [0.5, 0.6) is 0 Å². The van der Waals surface area contributed by atoms with Gasteiger partial charge in [0, 0.05) is 29.5 Å². The molecule has 0 saturated carbocycles. The first-order chi connectivity index (χ1) is 7.83. The number of nitrogens with zero attached hydrogens (tertiary/aromatic N) is 2. The van der Waals surface area contributed by atoms with Gasteiger partial charge in [0.05, 0.1) is 6.33 Å². The quantitative estimate of drug-likeness (QED) is 0.785. The number of thiocarbonyl (C=S) groups is 1. The molecule has 1 aromatic carbocycles. The fourth-order valence-corrected chi connectivity index (χ4v) is 2.68. The van der Waals surface area contributed by atoms with Crippen LogP contribution in [0.1, 0.15) is 5.56 Å². The highest BCUT2D eigenvalue weighted by molar-refractivity contribution is 8.22. The van der Waals surface area contributed by atoms with E-state index in [-0.39, 0.29) is 0 Å². The van der Waals surface area contributed by atoms with Crippen molar-refractivity contribution in [3.05, 3.63) is 42.5 Å². The first-order valence-corrected chi connectivity index (χ1v) is 6.27. The Morgan fingerprint density at radius 2 is 2.38 bits per heavy atom. The molecule has 5 heteroatoms. The van der Waals surface area contributed by atoms with E-state index in [1.807, 2.05) is 10.8 Å². The van der Waals surface area contributed by atoms with E-state index < -0.39 is 0 Å². The predicted molar refractivity (Wildman–Crippen MR) is 71.1 cm³/mol. The van der Waals surface area contributed by atoms with Crippen LogP contribution in [0.15, 0.2) is 36.9 Å². The lowest BCUT2D eigenvalue weighted by Gasteiger charge is -2.18. The number of anilines is 1. The van der Waals surface area contributed by atoms with Gasteiger partial charge in [0.15, 0.2) is 0 Å². The molecule has 16 heavy (non-hydrogen) atoms. The average Bonchev–Trinajstić information content (AvgIpc) is 2.82. The molecule has 0 unspecified atom stereocenters. The summed E-state index contributed by atoms with van der Waals surface area (Å²) in [5.41, 5.74) is 3.53. The van der Waals surface area contributed by atoms with Crippen molar-refractivity contribution in [1.82, 2.24) is 9.55 Å². The highest BCUT2D eigenvalue weighted by atomic mass is 32.2. The van der Waals surface area contributed by atoms with Crippen molar-refractivity contribution in [2.75, 3.05) is 5.32 Å². The standard InChI is InChI=1S/C11H9N3S2/c15-11-13-10-2-1-9(5-8(10)6-16-11)14-4-3-12-7-14/h1-5,7H,6H2,(H,13,15). The fraction of sp³-hybridized carbons (Fsp3) is 0.0909. The second-order valence-electron chi connectivity index (χ2n) is 3.51. The molecular weight excluding hydrogens is 238 g/mol. The number of thioether (sulfide) groups is 1. The lowest BCUT2D eigenvalue weighted by Crippen LogP contribution is -2.12. The molecule has 80 valence electrons. The van der Waals surface area contributed by atoms with E-state index in [0.29, 0.717) is 0 Å². The zero-order chi connectivity index (χ0) is 11.0. The van der Waals surface area contributed by atoms with Crippen LogP contribution in [0, 0.1) is 0 Å². The van der Waals surface area contributed by atoms with Gasteiger partial charge >= 0.3 is 0 Å². The third kappa shape index (κ3) is 1.72. The number of benzene rings is 1. The molecule has 2 aromatic rings. The maximum atomic E-state index is 5.13. The van der Waals surface area contributed by atoms with E-state index in [1.54, 1.807) is 24.3 Å². The fourth-order valence-electron chi connectivity index (χ4n) is 1.68. The second-order valence-corrected chi connectivity index (χ2v) is 5.16. The zero-order valence-electron chi connectivity index (χ0n) is 8.38. The lowest BCUT2D eigenvalue weighted by atomic mass is 10.1. The van der Waals surface area contributed by atoms with Crippen LogP contribution in [0.25, 0.3) is 5.69 Å². The lowest BCUT2D eigenvalue weighted by molar-refractivity contribution is 1.05. The Balaban J connectivity index is 2.03. The largest absolute Gasteiger partial charge is 0.341 e. The van der Waals surface area contributed by atoms with Gasteiger partial charge in [0.1, 0.15) is 4.32 Å². The minimum absolute atomic E-state index is 0.850. The summed E-state index contributed by atoms with van der Waals surface area (Å²) in [4.78, 5) is 4.04. The highest BCUT2D eigenvalue weighted by Gasteiger charge is 2.13. The van der Waals surface area contributed by atoms with E-state index >= 15 is 0 Å². The number of hydrogen-bond donors (Lipinski definition) is 1. The van der Waals surface area contributed by atoms with Gasteiger partial charge in [0.25, 0.3) is 0 Å². The molecule has 0 atom stereocenters. The molecule has 1 aliphatic rings. The Kier molecular flexibility index (Phi) is 2.41. The van der Waals surface area contributed by atoms with Crippen LogP contribution < -0.4 is 5.32 Å². The molecule has 2 heterocycles. The van der Waals surface area contributed by atoms with Gasteiger partial charge in [-0.2, -0.15) is 0 Å². The molecule has 3 nitrogen and oxygen atoms in total. The number of fused-ring (bicyclic) bond motifs is 1. The smallest absolute Gasteiger partial charge is 0.138 e. The molecule has 0 radical (unpaired) electrons. The Hall–Kier alpha value is -1.33. The molecule has 1 aromatic heterocycles. The van der Waals surface area contributed by atoms with E-state index in [4.69, 9.17) is 12.2 Å². The molecule has 3 rings (SSSR count). The van der Waals surface area contributed by atoms with Gasteiger partial charge < -0.3 is 9.88 Å². The number of nitrogens with one attached hydrogen (secondary N) is 1. The summed E-state index contributed by atoms with van der Waals surface area (Å²) in [6.07, 6.45) is 5.52. The monoisotopic (exact) mass is 247 g/mol. The van der Waals surface area contributed by atoms with E-state index in [1.165, 1.54) is 5.56 Å². The van der Waals surface area contributed by atoms with Crippen LogP contribution in [0.3, 0.4) is 0 Å². The Morgan fingerprint density at radius 1 is 1.44 bits per heavy atom. The van der Waals surface area contributed by atoms with Crippen LogP contribution in [-0.2, 0) is 5.75 Å². The number of hydrogen-bond acceptors (Lipinski definition) is 3. The van der Waals surface area contributed by atoms with Crippen molar-refractivity contribution in [1.29, 1.82) is 0 Å². The molecule has 0 aliphatic carbocycles. The third-order valence-electron chi connectivity index (χ3n) is 2.49. The van der Waals surface area contributed by atoms with Crippen molar-refractivity contribution in [2.45, 2.75) is 5.75 Å². The predicted octanol–water partition coefficient (Wildman–Crippen LogP) is 2.82. The van der Waals surface area contributed by atoms with Crippen LogP contribution in [0.2, 0.25) is 0 Å². The number of aromatic nitrogens is 2. The SMILES string of the molecule is S=C1Nc2ccc(-n3ccnc3)cc2CS1. The summed E-state index contributed by atoms with van der Waals surface area (Å²) < 4.78 is 2.85. The average molecular weight is 247 g/mol. The third-order valence-corrected chi connectivity index (χ3v) is 3.76. The first-order valence-electron chi connectivity index (χ1n) is 4.88. The van der Waals surface area contributed by atoms with Crippen molar-refractivity contribution < 1.29 is 0 Å². The van der Waals surface area contributed by atoms with E-state index in [2.05, 4.69) is 28.5 Å². The number of rotatable bonds is 1. The summed E-state index contributed by atoms with van der Waals surface area (Å²) in [5, 5.41) is 3.20. The Morgan fingerprint density at radius 3 is 3.19 bits per heavy atom. The van der Waals surface area contributed by atoms with Crippen LogP contribution in [-0.4, -0.2) is 13.9 Å². The molecule has 0 fully saturated rings. The normalized spacial score (nSPS) is 14.4. The first kappa shape index (κ1) is 9.86. The second kappa shape index (κ2) is 3.92. The summed E-state index contributed by atoms with van der Waals surface area (Å²) in [6.45, 7) is 0. The van der Waals surface area contributed by atoms with Crippen molar-refractivity contribution in [3.8, 4) is 5.69 Å². The zero-order valence-corrected chi connectivity index (χ0v) is 10.0. The summed E-state index contributed by atoms with van der Waals surface area (Å²) in [7, 11) is 0. The van der Waals surface area contributed by atoms with Crippen LogP contribution in [0.4, 0.5) is 5.69 Å². The van der Waals surface area contributed by atoms with E-state index in [0.717, 1.165) is 21.4 Å². The van der Waals surface area contributed by atoms with Gasteiger partial charge in [-0.25, -0.2) is 4.98 Å². The Labute approximate surface area is 103 Å². The summed E-state index contributed by atoms with van der Waals surface area (Å²) >= 11 is 6.79.